The number of nitrogens with one attached hydrogen (secondary N) is 1. The first kappa shape index (κ1) is 6.17. The van der Waals surface area contributed by atoms with Gasteiger partial charge in [0, 0.05) is 6.54 Å². The zero-order valence-electron chi connectivity index (χ0n) is 4.89. The molecule has 0 atom stereocenters. The quantitative estimate of drug-likeness (QED) is 0.501. The second kappa shape index (κ2) is 3.98. The Labute approximate surface area is 54.7 Å². The van der Waals surface area contributed by atoms with E-state index in [1.54, 1.807) is 11.9 Å². The third kappa shape index (κ3) is 2.38. The molecule has 0 aliphatic carbocycles. The first-order valence-electron chi connectivity index (χ1n) is 3.03. The van der Waals surface area contributed by atoms with Gasteiger partial charge in [-0.2, -0.15) is 0 Å². The first-order chi connectivity index (χ1) is 4.00. The second-order valence-corrected chi connectivity index (χ2v) is 2.68. The summed E-state index contributed by atoms with van der Waals surface area (Å²) >= 11 is 1.70. The van der Waals surface area contributed by atoms with Crippen molar-refractivity contribution < 1.29 is 0 Å². The van der Waals surface area contributed by atoms with E-state index in [2.05, 4.69) is 16.2 Å². The molecule has 0 aromatic rings. The second-order valence-electron chi connectivity index (χ2n) is 1.88. The van der Waals surface area contributed by atoms with Crippen LogP contribution in [0.1, 0.15) is 19.3 Å². The highest BCUT2D eigenvalue weighted by Crippen LogP contribution is 2.05. The van der Waals surface area contributed by atoms with Crippen molar-refractivity contribution in [3.63, 3.8) is 0 Å². The fourth-order valence-electron chi connectivity index (χ4n) is 0.683. The summed E-state index contributed by atoms with van der Waals surface area (Å²) in [6, 6.07) is 0. The fourth-order valence-corrected chi connectivity index (χ4v) is 1.27. The highest BCUT2D eigenvalue weighted by molar-refractivity contribution is 8.00. The fraction of sp³-hybridized carbons (Fsp3) is 0.667. The predicted octanol–water partition coefficient (Wildman–Crippen LogP) is 1.92. The van der Waals surface area contributed by atoms with Crippen molar-refractivity contribution in [2.24, 2.45) is 0 Å². The molecule has 0 spiro atoms. The molecule has 0 amide bonds. The van der Waals surface area contributed by atoms with Crippen LogP contribution in [-0.4, -0.2) is 6.54 Å². The molecule has 1 rings (SSSR count). The number of allylic oxidation sites excluding steroid dienone is 1. The van der Waals surface area contributed by atoms with Crippen molar-refractivity contribution in [1.29, 1.82) is 0 Å². The third-order valence-electron chi connectivity index (χ3n) is 1.15. The van der Waals surface area contributed by atoms with E-state index in [1.165, 1.54) is 19.3 Å². The normalized spacial score (nSPS) is 26.0. The Morgan fingerprint density at radius 2 is 2.38 bits per heavy atom. The van der Waals surface area contributed by atoms with Crippen LogP contribution in [0.15, 0.2) is 11.5 Å². The molecule has 1 nitrogen and oxygen atoms in total. The van der Waals surface area contributed by atoms with E-state index in [-0.39, 0.29) is 0 Å². The van der Waals surface area contributed by atoms with Crippen LogP contribution in [0.2, 0.25) is 0 Å². The minimum atomic E-state index is 1.16. The largest absolute Gasteiger partial charge is 0.260 e. The van der Waals surface area contributed by atoms with Crippen molar-refractivity contribution in [1.82, 2.24) is 4.72 Å². The van der Waals surface area contributed by atoms with Gasteiger partial charge in [-0.25, -0.2) is 0 Å². The van der Waals surface area contributed by atoms with E-state index >= 15 is 0 Å². The monoisotopic (exact) mass is 129 g/mol. The molecular formula is C6H11NS. The minimum Gasteiger partial charge on any atom is -0.260 e. The topological polar surface area (TPSA) is 12.0 Å². The summed E-state index contributed by atoms with van der Waals surface area (Å²) in [5.74, 6) is 0. The molecule has 8 heavy (non-hydrogen) atoms. The van der Waals surface area contributed by atoms with E-state index in [1.807, 2.05) is 0 Å². The van der Waals surface area contributed by atoms with Crippen LogP contribution in [-0.2, 0) is 0 Å². The van der Waals surface area contributed by atoms with Gasteiger partial charge in [0.2, 0.25) is 0 Å². The summed E-state index contributed by atoms with van der Waals surface area (Å²) in [6.07, 6.45) is 6.13. The van der Waals surface area contributed by atoms with Crippen LogP contribution in [0.25, 0.3) is 0 Å². The molecule has 2 heteroatoms. The molecule has 46 valence electrons. The summed E-state index contributed by atoms with van der Waals surface area (Å²) in [6.45, 7) is 1.16. The SMILES string of the molecule is C1=C\SNCCCC/1. The first-order valence-corrected chi connectivity index (χ1v) is 3.91. The maximum atomic E-state index is 3.22. The van der Waals surface area contributed by atoms with Gasteiger partial charge in [-0.3, -0.25) is 4.72 Å². The highest BCUT2D eigenvalue weighted by Gasteiger charge is 1.88. The van der Waals surface area contributed by atoms with Gasteiger partial charge in [-0.05, 0) is 24.7 Å². The van der Waals surface area contributed by atoms with Crippen molar-refractivity contribution in [2.45, 2.75) is 19.3 Å². The molecular weight excluding hydrogens is 118 g/mol. The van der Waals surface area contributed by atoms with Gasteiger partial charge < -0.3 is 0 Å². The zero-order chi connectivity index (χ0) is 5.66. The lowest BCUT2D eigenvalue weighted by atomic mass is 10.2. The molecule has 0 radical (unpaired) electrons. The van der Waals surface area contributed by atoms with Crippen LogP contribution >= 0.6 is 11.9 Å². The van der Waals surface area contributed by atoms with Crippen LogP contribution in [0.5, 0.6) is 0 Å². The van der Waals surface area contributed by atoms with Crippen molar-refractivity contribution >= 4 is 11.9 Å². The highest BCUT2D eigenvalue weighted by atomic mass is 32.2. The van der Waals surface area contributed by atoms with E-state index in [4.69, 9.17) is 0 Å². The van der Waals surface area contributed by atoms with Gasteiger partial charge in [0.25, 0.3) is 0 Å². The smallest absolute Gasteiger partial charge is 0.00617 e. The summed E-state index contributed by atoms with van der Waals surface area (Å²) in [5, 5.41) is 2.12. The summed E-state index contributed by atoms with van der Waals surface area (Å²) in [4.78, 5) is 0. The summed E-state index contributed by atoms with van der Waals surface area (Å²) in [7, 11) is 0. The molecule has 0 aromatic carbocycles. The van der Waals surface area contributed by atoms with Gasteiger partial charge in [0.1, 0.15) is 0 Å². The lowest BCUT2D eigenvalue weighted by Gasteiger charge is -2.01. The average molecular weight is 129 g/mol. The molecule has 0 aromatic heterocycles. The van der Waals surface area contributed by atoms with E-state index in [0.29, 0.717) is 0 Å². The van der Waals surface area contributed by atoms with Crippen LogP contribution in [0, 0.1) is 0 Å². The number of hydrogen-bond donors (Lipinski definition) is 1. The number of hydrogen-bond acceptors (Lipinski definition) is 2. The summed E-state index contributed by atoms with van der Waals surface area (Å²) < 4.78 is 3.22. The van der Waals surface area contributed by atoms with Gasteiger partial charge in [-0.15, -0.1) is 0 Å². The Bertz CT molecular complexity index is 70.6. The Kier molecular flexibility index (Phi) is 3.07. The average Bonchev–Trinajstić information content (AvgIpc) is 1.62. The maximum absolute atomic E-state index is 3.22. The van der Waals surface area contributed by atoms with Crippen LogP contribution < -0.4 is 4.72 Å². The van der Waals surface area contributed by atoms with Gasteiger partial charge in [-0.1, -0.05) is 18.0 Å². The van der Waals surface area contributed by atoms with E-state index in [9.17, 15) is 0 Å². The van der Waals surface area contributed by atoms with Crippen LogP contribution in [0.4, 0.5) is 0 Å². The molecule has 0 saturated carbocycles. The molecule has 0 bridgehead atoms. The van der Waals surface area contributed by atoms with Gasteiger partial charge >= 0.3 is 0 Å². The molecule has 1 heterocycles. The van der Waals surface area contributed by atoms with Crippen molar-refractivity contribution in [3.05, 3.63) is 11.5 Å². The van der Waals surface area contributed by atoms with Gasteiger partial charge in [0.15, 0.2) is 0 Å². The zero-order valence-corrected chi connectivity index (χ0v) is 5.71. The molecule has 0 fully saturated rings. The van der Waals surface area contributed by atoms with Gasteiger partial charge in [0.05, 0.1) is 0 Å². The Balaban J connectivity index is 2.17. The molecule has 1 aliphatic rings. The summed E-state index contributed by atoms with van der Waals surface area (Å²) in [5.41, 5.74) is 0. The lowest BCUT2D eigenvalue weighted by molar-refractivity contribution is 0.733. The Morgan fingerprint density at radius 3 is 3.38 bits per heavy atom. The van der Waals surface area contributed by atoms with Crippen molar-refractivity contribution in [3.8, 4) is 0 Å². The third-order valence-corrected chi connectivity index (χ3v) is 1.85. The van der Waals surface area contributed by atoms with E-state index < -0.39 is 0 Å². The number of rotatable bonds is 0. The maximum Gasteiger partial charge on any atom is 0.00617 e. The lowest BCUT2D eigenvalue weighted by Crippen LogP contribution is -2.04. The molecule has 1 aliphatic heterocycles. The Morgan fingerprint density at radius 1 is 1.38 bits per heavy atom. The van der Waals surface area contributed by atoms with E-state index in [0.717, 1.165) is 6.54 Å². The predicted molar refractivity (Wildman–Crippen MR) is 38.6 cm³/mol. The molecule has 0 saturated heterocycles. The molecule has 1 N–H and O–H groups in total. The molecule has 0 unspecified atom stereocenters. The standard InChI is InChI=1S/C6H11NS/c1-2-4-6-8-7-5-3-1/h4,6-7H,1-3,5H2/b6-4-. The van der Waals surface area contributed by atoms with Crippen molar-refractivity contribution in [2.75, 3.05) is 6.54 Å². The van der Waals surface area contributed by atoms with Crippen LogP contribution in [0.3, 0.4) is 0 Å². The minimum absolute atomic E-state index is 1.16. The Hall–Kier alpha value is 0.0500.